The van der Waals surface area contributed by atoms with E-state index in [0.717, 1.165) is 5.56 Å². The van der Waals surface area contributed by atoms with Crippen LogP contribution in [0.15, 0.2) is 48.7 Å². The minimum Gasteiger partial charge on any atom is -0.0834 e. The van der Waals surface area contributed by atoms with E-state index in [4.69, 9.17) is 32.2 Å². The van der Waals surface area contributed by atoms with Gasteiger partial charge in [0.25, 0.3) is 0 Å². The average Bonchev–Trinajstić information content (AvgIpc) is 3.32. The Morgan fingerprint density at radius 3 is 2.56 bits per heavy atom. The van der Waals surface area contributed by atoms with Crippen molar-refractivity contribution in [3.05, 3.63) is 75.5 Å². The molecule has 2 aliphatic rings. The van der Waals surface area contributed by atoms with Gasteiger partial charge in [0.15, 0.2) is 0 Å². The van der Waals surface area contributed by atoms with Crippen LogP contribution in [0.5, 0.6) is 5.75 Å². The molecular weight excluding hydrogens is 528 g/mol. The van der Waals surface area contributed by atoms with Crippen molar-refractivity contribution in [1.82, 2.24) is 20.2 Å². The standard InChI is InChI=1S/C23H24Cl2N5O5P/c24-16-5-3-6-17(25)20(16)22(31)28-18-12-26-29-21(18)23(32)27-15-8-10-30(11-9-15)36(33)34-13-14-4-1-2-7-19(14)35-36/h1-7,12,15,33,36H,8-11,13H2,(H,26,29)(H,27,32)(H,28,31). The van der Waals surface area contributed by atoms with Crippen LogP contribution in [-0.4, -0.2) is 50.7 Å². The zero-order chi connectivity index (χ0) is 25.3. The number of piperidine rings is 1. The van der Waals surface area contributed by atoms with E-state index < -0.39 is 19.9 Å². The summed E-state index contributed by atoms with van der Waals surface area (Å²) in [5.41, 5.74) is 1.25. The number of nitrogens with one attached hydrogen (secondary N) is 3. The Labute approximate surface area is 217 Å². The van der Waals surface area contributed by atoms with Crippen LogP contribution in [0.3, 0.4) is 0 Å². The van der Waals surface area contributed by atoms with Gasteiger partial charge in [-0.1, -0.05) is 29.3 Å². The Morgan fingerprint density at radius 2 is 1.81 bits per heavy atom. The molecule has 1 saturated heterocycles. The molecule has 2 amide bonds. The molecule has 0 spiro atoms. The minimum atomic E-state index is -3.54. The number of nitrogens with zero attached hydrogens (tertiary/aromatic N) is 2. The van der Waals surface area contributed by atoms with Crippen molar-refractivity contribution in [2.45, 2.75) is 25.5 Å². The van der Waals surface area contributed by atoms with Crippen LogP contribution in [0.2, 0.25) is 10.0 Å². The fourth-order valence-corrected chi connectivity index (χ4v) is 6.83. The van der Waals surface area contributed by atoms with Gasteiger partial charge >= 0.3 is 176 Å². The molecule has 13 heteroatoms. The van der Waals surface area contributed by atoms with Crippen molar-refractivity contribution >= 4 is 48.8 Å². The van der Waals surface area contributed by atoms with Crippen LogP contribution in [-0.2, 0) is 11.1 Å². The smallest absolute Gasteiger partial charge is 0.0834 e. The molecule has 36 heavy (non-hydrogen) atoms. The van der Waals surface area contributed by atoms with Crippen molar-refractivity contribution in [3.63, 3.8) is 0 Å². The first kappa shape index (κ1) is 25.0. The third-order valence-corrected chi connectivity index (χ3v) is 9.04. The van der Waals surface area contributed by atoms with Gasteiger partial charge in [-0.2, -0.15) is 0 Å². The summed E-state index contributed by atoms with van der Waals surface area (Å²) in [4.78, 5) is 36.7. The van der Waals surface area contributed by atoms with Gasteiger partial charge in [0.1, 0.15) is 0 Å². The second kappa shape index (κ2) is 10.3. The van der Waals surface area contributed by atoms with E-state index in [0.29, 0.717) is 38.3 Å². The van der Waals surface area contributed by atoms with Crippen molar-refractivity contribution in [3.8, 4) is 5.75 Å². The Morgan fingerprint density at radius 1 is 1.08 bits per heavy atom. The molecular formula is C23H24Cl2N5O5P. The molecule has 2 aliphatic heterocycles. The number of aromatic amines is 1. The number of rotatable bonds is 5. The van der Waals surface area contributed by atoms with Crippen LogP contribution >= 0.6 is 31.3 Å². The van der Waals surface area contributed by atoms with Crippen LogP contribution < -0.4 is 15.2 Å². The first-order chi connectivity index (χ1) is 17.3. The number of hydrogen-bond acceptors (Lipinski definition) is 7. The molecule has 1 aromatic heterocycles. The van der Waals surface area contributed by atoms with Gasteiger partial charge < -0.3 is 0 Å². The molecule has 2 aromatic carbocycles. The number of H-pyrrole nitrogens is 1. The molecule has 0 radical (unpaired) electrons. The molecule has 0 saturated carbocycles. The molecule has 1 fully saturated rings. The van der Waals surface area contributed by atoms with Crippen molar-refractivity contribution in [1.29, 1.82) is 0 Å². The molecule has 3 heterocycles. The van der Waals surface area contributed by atoms with E-state index in [9.17, 15) is 14.5 Å². The van der Waals surface area contributed by atoms with Gasteiger partial charge in [0.05, 0.1) is 0 Å². The van der Waals surface area contributed by atoms with E-state index >= 15 is 0 Å². The van der Waals surface area contributed by atoms with Crippen LogP contribution in [0, 0.1) is 0 Å². The number of anilines is 1. The molecule has 0 bridgehead atoms. The summed E-state index contributed by atoms with van der Waals surface area (Å²) >= 11 is 12.2. The Hall–Kier alpha value is -2.72. The monoisotopic (exact) mass is 551 g/mol. The maximum absolute atomic E-state index is 12.9. The van der Waals surface area contributed by atoms with Gasteiger partial charge in [-0.15, -0.1) is 0 Å². The maximum atomic E-state index is 12.9. The third kappa shape index (κ3) is 5.06. The fraction of sp³-hybridized carbons (Fsp3) is 0.261. The van der Waals surface area contributed by atoms with E-state index in [2.05, 4.69) is 20.8 Å². The third-order valence-electron chi connectivity index (χ3n) is 6.15. The number of carbonyl (C=O) groups excluding carboxylic acids is 2. The molecule has 4 N–H and O–H groups in total. The van der Waals surface area contributed by atoms with Gasteiger partial charge in [-0.3, -0.25) is 0 Å². The summed E-state index contributed by atoms with van der Waals surface area (Å²) in [5.74, 6) is -0.355. The SMILES string of the molecule is O=C(NC1CCN([PH]2(O)OCc3ccccc3O2)CC1)c1n[nH]cc1NC(=O)c1c(Cl)cccc1Cl. The number of halogens is 2. The molecule has 190 valence electrons. The van der Waals surface area contributed by atoms with E-state index in [1.165, 1.54) is 6.20 Å². The topological polar surface area (TPSA) is 129 Å². The number of fused-ring (bicyclic) bond motifs is 1. The van der Waals surface area contributed by atoms with Crippen LogP contribution in [0.25, 0.3) is 0 Å². The summed E-state index contributed by atoms with van der Waals surface area (Å²) in [6.07, 6.45) is 2.57. The second-order valence-corrected chi connectivity index (χ2v) is 11.5. The first-order valence-corrected chi connectivity index (χ1v) is 13.8. The minimum absolute atomic E-state index is 0.0394. The van der Waals surface area contributed by atoms with Gasteiger partial charge in [0.2, 0.25) is 0 Å². The number of benzene rings is 2. The zero-order valence-corrected chi connectivity index (χ0v) is 21.5. The zero-order valence-electron chi connectivity index (χ0n) is 19.0. The summed E-state index contributed by atoms with van der Waals surface area (Å²) in [6.45, 7) is 1.28. The molecule has 0 atom stereocenters. The number of amides is 2. The van der Waals surface area contributed by atoms with Crippen LogP contribution in [0.1, 0.15) is 39.3 Å². The summed E-state index contributed by atoms with van der Waals surface area (Å²) in [7, 11) is -3.54. The quantitative estimate of drug-likeness (QED) is 0.350. The number of carbonyl (C=O) groups is 2. The van der Waals surface area contributed by atoms with E-state index in [-0.39, 0.29) is 33.0 Å². The summed E-state index contributed by atoms with van der Waals surface area (Å²) in [5, 5.41) is 12.6. The van der Waals surface area contributed by atoms with Gasteiger partial charge in [-0.05, 0) is 12.1 Å². The van der Waals surface area contributed by atoms with E-state index in [1.54, 1.807) is 18.2 Å². The van der Waals surface area contributed by atoms with Crippen molar-refractivity contribution < 1.29 is 23.5 Å². The normalized spacial score (nSPS) is 18.5. The Kier molecular flexibility index (Phi) is 7.16. The van der Waals surface area contributed by atoms with Crippen LogP contribution in [0.4, 0.5) is 5.69 Å². The Bertz CT molecular complexity index is 1280. The van der Waals surface area contributed by atoms with Crippen molar-refractivity contribution in [2.75, 3.05) is 18.4 Å². The van der Waals surface area contributed by atoms with E-state index in [1.807, 2.05) is 28.9 Å². The molecule has 5 rings (SSSR count). The number of hydrogen-bond donors (Lipinski definition) is 4. The first-order valence-electron chi connectivity index (χ1n) is 11.3. The molecule has 10 nitrogen and oxygen atoms in total. The number of aromatic nitrogens is 2. The Balaban J connectivity index is 1.18. The predicted molar refractivity (Wildman–Crippen MR) is 137 cm³/mol. The van der Waals surface area contributed by atoms with Gasteiger partial charge in [0, 0.05) is 0 Å². The summed E-state index contributed by atoms with van der Waals surface area (Å²) < 4.78 is 13.5. The average molecular weight is 552 g/mol. The molecule has 0 aliphatic carbocycles. The van der Waals surface area contributed by atoms with Crippen molar-refractivity contribution in [2.24, 2.45) is 0 Å². The second-order valence-electron chi connectivity index (χ2n) is 8.48. The predicted octanol–water partition coefficient (Wildman–Crippen LogP) is 4.17. The van der Waals surface area contributed by atoms with Gasteiger partial charge in [-0.25, -0.2) is 0 Å². The molecule has 3 aromatic rings. The number of para-hydroxylation sites is 1. The summed E-state index contributed by atoms with van der Waals surface area (Å²) in [6, 6.07) is 12.1. The fourth-order valence-electron chi connectivity index (χ4n) is 4.24. The molecule has 0 unspecified atom stereocenters.